The molecular weight excluding hydrogens is 584 g/mol. The molecule has 0 saturated heterocycles. The lowest BCUT2D eigenvalue weighted by atomic mass is 9.34. The number of hydrogen-bond donors (Lipinski definition) is 3. The van der Waals surface area contributed by atoms with Gasteiger partial charge in [0.2, 0.25) is 0 Å². The molecule has 254 valence electrons. The molecule has 1 aromatic heterocycles. The fourth-order valence-corrected chi connectivity index (χ4v) is 12.6. The second-order valence-electron chi connectivity index (χ2n) is 16.8. The molecule has 4 saturated carbocycles. The molecule has 7 nitrogen and oxygen atoms in total. The average Bonchev–Trinajstić information content (AvgIpc) is 3.65. The van der Waals surface area contributed by atoms with Crippen LogP contribution in [0.25, 0.3) is 5.57 Å². The third-order valence-corrected chi connectivity index (χ3v) is 15.2. The molecule has 0 radical (unpaired) electrons. The van der Waals surface area contributed by atoms with Gasteiger partial charge in [-0.3, -0.25) is 0 Å². The monoisotopic (exact) mass is 640 g/mol. The zero-order valence-corrected chi connectivity index (χ0v) is 29.3. The lowest BCUT2D eigenvalue weighted by molar-refractivity contribution is -0.210. The molecule has 0 bridgehead atoms. The Labute approximate surface area is 281 Å². The number of aryl methyl sites for hydroxylation is 2. The number of carbonyl (C=O) groups is 2. The van der Waals surface area contributed by atoms with Crippen LogP contribution in [0.2, 0.25) is 0 Å². The highest BCUT2D eigenvalue weighted by Crippen LogP contribution is 2.75. The van der Waals surface area contributed by atoms with E-state index in [1.807, 2.05) is 31.5 Å². The number of aromatic carboxylic acids is 1. The predicted octanol–water partition coefficient (Wildman–Crippen LogP) is 8.49. The smallest absolute Gasteiger partial charge is 0.335 e. The minimum absolute atomic E-state index is 0.0205. The number of aromatic nitrogens is 2. The van der Waals surface area contributed by atoms with E-state index >= 15 is 0 Å². The predicted molar refractivity (Wildman–Crippen MR) is 186 cm³/mol. The molecule has 5 aliphatic rings. The van der Waals surface area contributed by atoms with E-state index in [0.717, 1.165) is 38.1 Å². The molecule has 7 heteroatoms. The summed E-state index contributed by atoms with van der Waals surface area (Å²) >= 11 is 0. The zero-order chi connectivity index (χ0) is 33.2. The Balaban J connectivity index is 1.06. The summed E-state index contributed by atoms with van der Waals surface area (Å²) in [6.07, 6.45) is 19.3. The minimum Gasteiger partial charge on any atom is -0.478 e. The van der Waals surface area contributed by atoms with Gasteiger partial charge >= 0.3 is 12.0 Å². The van der Waals surface area contributed by atoms with Crippen molar-refractivity contribution in [2.75, 3.05) is 6.54 Å². The van der Waals surface area contributed by atoms with Crippen LogP contribution in [0.15, 0.2) is 42.7 Å². The first-order chi connectivity index (χ1) is 22.4. The summed E-state index contributed by atoms with van der Waals surface area (Å²) in [5, 5.41) is 16.2. The van der Waals surface area contributed by atoms with Gasteiger partial charge < -0.3 is 20.3 Å². The van der Waals surface area contributed by atoms with E-state index in [-0.39, 0.29) is 27.8 Å². The number of fused-ring (bicyclic) bond motifs is 7. The lowest BCUT2D eigenvalue weighted by Crippen LogP contribution is -2.67. The number of urea groups is 1. The zero-order valence-electron chi connectivity index (χ0n) is 29.3. The number of amides is 2. The van der Waals surface area contributed by atoms with Crippen LogP contribution in [0.1, 0.15) is 120 Å². The number of hydrogen-bond acceptors (Lipinski definition) is 3. The first-order valence-corrected chi connectivity index (χ1v) is 18.5. The highest BCUT2D eigenvalue weighted by atomic mass is 16.4. The Kier molecular flexibility index (Phi) is 8.15. The van der Waals surface area contributed by atoms with E-state index in [2.05, 4.69) is 54.0 Å². The van der Waals surface area contributed by atoms with Gasteiger partial charge in [0.25, 0.3) is 0 Å². The van der Waals surface area contributed by atoms with Crippen molar-refractivity contribution >= 4 is 17.6 Å². The first-order valence-electron chi connectivity index (χ1n) is 18.5. The number of carbonyl (C=O) groups excluding carboxylic acids is 1. The van der Waals surface area contributed by atoms with Crippen molar-refractivity contribution in [1.29, 1.82) is 0 Å². The maximum Gasteiger partial charge on any atom is 0.335 e. The molecule has 0 spiro atoms. The Morgan fingerprint density at radius 3 is 2.47 bits per heavy atom. The van der Waals surface area contributed by atoms with Gasteiger partial charge in [-0.15, -0.1) is 0 Å². The van der Waals surface area contributed by atoms with Crippen LogP contribution < -0.4 is 10.6 Å². The summed E-state index contributed by atoms with van der Waals surface area (Å²) in [5.74, 6) is 3.15. The quantitative estimate of drug-likeness (QED) is 0.265. The minimum atomic E-state index is -0.866. The third-order valence-electron chi connectivity index (χ3n) is 15.2. The molecule has 4 fully saturated rings. The van der Waals surface area contributed by atoms with Crippen molar-refractivity contribution in [1.82, 2.24) is 20.2 Å². The fraction of sp³-hybridized carbons (Fsp3) is 0.675. The van der Waals surface area contributed by atoms with Crippen LogP contribution in [0.5, 0.6) is 0 Å². The Morgan fingerprint density at radius 1 is 0.957 bits per heavy atom. The summed E-state index contributed by atoms with van der Waals surface area (Å²) < 4.78 is 2.14. The SMILES string of the molecule is Cc1nccn1CCCNC(=O)NC12CCCC1C1CCC3C(C)(CCC4C(C)C(c5ccc(C(=O)O)cc5)=CC[C@@]43C)[C@]1(C)CC2. The van der Waals surface area contributed by atoms with E-state index in [4.69, 9.17) is 0 Å². The van der Waals surface area contributed by atoms with E-state index < -0.39 is 5.97 Å². The molecule has 5 aliphatic carbocycles. The highest BCUT2D eigenvalue weighted by Gasteiger charge is 2.68. The van der Waals surface area contributed by atoms with Crippen LogP contribution in [-0.4, -0.2) is 38.7 Å². The Bertz CT molecular complexity index is 1550. The van der Waals surface area contributed by atoms with Crippen LogP contribution in [-0.2, 0) is 6.54 Å². The standard InChI is InChI=1S/C40H56N4O3/c1-26-30(28-9-11-29(12-10-28)35(45)46)15-18-37(3)31(26)16-19-39(5)34(37)14-13-32-33-8-6-17-40(33,21-20-38(32,39)4)43-36(47)42-22-7-24-44-25-23-41-27(44)2/h9-12,15,23,25-26,31-34H,6-8,13-14,16-22,24H2,1-5H3,(H,45,46)(H2,42,43,47)/t26?,31?,32?,33?,34?,37-,38+,39?,40?/m0/s1. The molecule has 7 unspecified atom stereocenters. The van der Waals surface area contributed by atoms with Gasteiger partial charge in [-0.2, -0.15) is 0 Å². The van der Waals surface area contributed by atoms with E-state index in [9.17, 15) is 14.7 Å². The number of rotatable bonds is 7. The summed E-state index contributed by atoms with van der Waals surface area (Å²) in [6.45, 7) is 13.9. The maximum absolute atomic E-state index is 13.3. The molecule has 1 aromatic carbocycles. The van der Waals surface area contributed by atoms with E-state index in [0.29, 0.717) is 41.7 Å². The largest absolute Gasteiger partial charge is 0.478 e. The topological polar surface area (TPSA) is 96.3 Å². The Morgan fingerprint density at radius 2 is 1.74 bits per heavy atom. The number of benzene rings is 1. The van der Waals surface area contributed by atoms with Crippen LogP contribution in [0.4, 0.5) is 4.79 Å². The Hall–Kier alpha value is -3.09. The second-order valence-corrected chi connectivity index (χ2v) is 16.8. The number of nitrogens with one attached hydrogen (secondary N) is 2. The van der Waals surface area contributed by atoms with Gasteiger partial charge in [-0.25, -0.2) is 14.6 Å². The molecule has 3 N–H and O–H groups in total. The summed E-state index contributed by atoms with van der Waals surface area (Å²) in [4.78, 5) is 29.1. The molecule has 9 atom stereocenters. The molecular formula is C40H56N4O3. The fourth-order valence-electron chi connectivity index (χ4n) is 12.6. The van der Waals surface area contributed by atoms with Gasteiger partial charge in [-0.05, 0) is 140 Å². The number of carboxylic acid groups (broad SMARTS) is 1. The van der Waals surface area contributed by atoms with Gasteiger partial charge in [-0.1, -0.05) is 52.3 Å². The van der Waals surface area contributed by atoms with Crippen molar-refractivity contribution in [3.8, 4) is 0 Å². The number of allylic oxidation sites excluding steroid dienone is 2. The number of imidazole rings is 1. The van der Waals surface area contributed by atoms with Gasteiger partial charge in [0.05, 0.1) is 5.56 Å². The summed E-state index contributed by atoms with van der Waals surface area (Å²) in [6, 6.07) is 7.56. The van der Waals surface area contributed by atoms with Crippen LogP contribution >= 0.6 is 0 Å². The van der Waals surface area contributed by atoms with Crippen molar-refractivity contribution < 1.29 is 14.7 Å². The maximum atomic E-state index is 13.3. The molecule has 7 rings (SSSR count). The van der Waals surface area contributed by atoms with Crippen LogP contribution in [0.3, 0.4) is 0 Å². The summed E-state index contributed by atoms with van der Waals surface area (Å²) in [5.41, 5.74) is 3.72. The summed E-state index contributed by atoms with van der Waals surface area (Å²) in [7, 11) is 0. The molecule has 2 amide bonds. The molecule has 2 aromatic rings. The van der Waals surface area contributed by atoms with Crippen molar-refractivity contribution in [3.05, 3.63) is 59.7 Å². The van der Waals surface area contributed by atoms with Crippen molar-refractivity contribution in [2.24, 2.45) is 45.8 Å². The third kappa shape index (κ3) is 5.08. The average molecular weight is 641 g/mol. The lowest BCUT2D eigenvalue weighted by Gasteiger charge is -2.71. The van der Waals surface area contributed by atoms with Gasteiger partial charge in [0, 0.05) is 31.0 Å². The van der Waals surface area contributed by atoms with Crippen molar-refractivity contribution in [3.63, 3.8) is 0 Å². The number of nitrogens with zero attached hydrogens (tertiary/aromatic N) is 2. The highest BCUT2D eigenvalue weighted by molar-refractivity contribution is 5.88. The van der Waals surface area contributed by atoms with Crippen molar-refractivity contribution in [2.45, 2.75) is 117 Å². The normalized spacial score (nSPS) is 39.1. The second kappa shape index (κ2) is 11.8. The number of carboxylic acids is 1. The van der Waals surface area contributed by atoms with Gasteiger partial charge in [0.15, 0.2) is 0 Å². The van der Waals surface area contributed by atoms with E-state index in [1.54, 1.807) is 12.1 Å². The van der Waals surface area contributed by atoms with Gasteiger partial charge in [0.1, 0.15) is 5.82 Å². The molecule has 1 heterocycles. The molecule has 47 heavy (non-hydrogen) atoms. The van der Waals surface area contributed by atoms with E-state index in [1.165, 1.54) is 56.1 Å². The first kappa shape index (κ1) is 32.5. The van der Waals surface area contributed by atoms with Crippen LogP contribution in [0, 0.1) is 52.8 Å². The molecule has 0 aliphatic heterocycles.